The van der Waals surface area contributed by atoms with E-state index in [0.29, 0.717) is 23.3 Å². The van der Waals surface area contributed by atoms with Gasteiger partial charge in [-0.05, 0) is 29.8 Å². The number of pyridine rings is 1. The molecule has 0 saturated carbocycles. The third-order valence-electron chi connectivity index (χ3n) is 6.82. The number of carbonyl (C=O) groups excluding carboxylic acids is 1. The van der Waals surface area contributed by atoms with E-state index in [1.165, 1.54) is 26.4 Å². The standard InChI is InChI=1S/C27H26F3N7O3/c1-39-21-8-17(9-22(40-2)24(21)27(38)34-26(30)25(28)29)20-12-32-23-10-16(4-7-36(20)23)18-11-33-37(13-18)19-14-35(15-19)6-3-5-31/h4,7-13,19,25-26H,3,6,14-15H2,1-2H3,(H,34,38). The molecule has 1 aromatic carbocycles. The van der Waals surface area contributed by atoms with E-state index in [1.807, 2.05) is 39.8 Å². The predicted molar refractivity (Wildman–Crippen MR) is 139 cm³/mol. The van der Waals surface area contributed by atoms with Gasteiger partial charge in [0.2, 0.25) is 6.30 Å². The van der Waals surface area contributed by atoms with Crippen molar-refractivity contribution >= 4 is 11.6 Å². The summed E-state index contributed by atoms with van der Waals surface area (Å²) in [7, 11) is 2.62. The van der Waals surface area contributed by atoms with Crippen molar-refractivity contribution in [3.8, 4) is 40.0 Å². The molecule has 0 aliphatic carbocycles. The van der Waals surface area contributed by atoms with Crippen molar-refractivity contribution in [2.24, 2.45) is 0 Å². The highest BCUT2D eigenvalue weighted by Crippen LogP contribution is 2.36. The van der Waals surface area contributed by atoms with Crippen molar-refractivity contribution in [3.63, 3.8) is 0 Å². The molecule has 3 aromatic heterocycles. The number of nitrogens with zero attached hydrogens (tertiary/aromatic N) is 6. The SMILES string of the molecule is COc1cc(-c2cnc3cc(-c4cnn(C5CN(CCC#N)C5)c4)ccn23)cc(OC)c1C(=O)NC(F)C(F)F. The number of fused-ring (bicyclic) bond motifs is 1. The maximum Gasteiger partial charge on any atom is 0.287 e. The lowest BCUT2D eigenvalue weighted by molar-refractivity contribution is 0.0285. The fraction of sp³-hybridized carbons (Fsp3) is 0.333. The minimum Gasteiger partial charge on any atom is -0.496 e. The van der Waals surface area contributed by atoms with Gasteiger partial charge in [-0.25, -0.2) is 18.2 Å². The van der Waals surface area contributed by atoms with Gasteiger partial charge in [-0.15, -0.1) is 0 Å². The Morgan fingerprint density at radius 2 is 1.85 bits per heavy atom. The summed E-state index contributed by atoms with van der Waals surface area (Å²) < 4.78 is 53.2. The number of nitrogens with one attached hydrogen (secondary N) is 1. The zero-order chi connectivity index (χ0) is 28.4. The lowest BCUT2D eigenvalue weighted by Gasteiger charge is -2.38. The summed E-state index contributed by atoms with van der Waals surface area (Å²) in [5.41, 5.74) is 3.56. The second-order valence-corrected chi connectivity index (χ2v) is 9.28. The fourth-order valence-electron chi connectivity index (χ4n) is 4.71. The summed E-state index contributed by atoms with van der Waals surface area (Å²) in [6.45, 7) is 2.49. The van der Waals surface area contributed by atoms with Crippen molar-refractivity contribution in [2.75, 3.05) is 33.9 Å². The average Bonchev–Trinajstić information content (AvgIpc) is 3.58. The monoisotopic (exact) mass is 553 g/mol. The summed E-state index contributed by atoms with van der Waals surface area (Å²) in [5.74, 6) is -1.04. The summed E-state index contributed by atoms with van der Waals surface area (Å²) in [6.07, 6.45) is 1.62. The largest absolute Gasteiger partial charge is 0.496 e. The van der Waals surface area contributed by atoms with Crippen LogP contribution in [0.1, 0.15) is 22.8 Å². The minimum absolute atomic E-state index is 0.0227. The first-order chi connectivity index (χ1) is 19.3. The third-order valence-corrected chi connectivity index (χ3v) is 6.82. The van der Waals surface area contributed by atoms with Gasteiger partial charge in [0.1, 0.15) is 22.7 Å². The Balaban J connectivity index is 1.40. The van der Waals surface area contributed by atoms with Crippen LogP contribution in [0.3, 0.4) is 0 Å². The van der Waals surface area contributed by atoms with Gasteiger partial charge in [0, 0.05) is 49.6 Å². The third kappa shape index (κ3) is 5.17. The van der Waals surface area contributed by atoms with E-state index in [9.17, 15) is 18.0 Å². The number of benzene rings is 1. The number of imidazole rings is 1. The maximum atomic E-state index is 13.5. The van der Waals surface area contributed by atoms with Gasteiger partial charge >= 0.3 is 0 Å². The molecule has 0 bridgehead atoms. The molecule has 5 rings (SSSR count). The number of hydrogen-bond acceptors (Lipinski definition) is 7. The van der Waals surface area contributed by atoms with Crippen LogP contribution in [0.4, 0.5) is 13.2 Å². The van der Waals surface area contributed by atoms with Gasteiger partial charge in [0.15, 0.2) is 0 Å². The number of nitriles is 1. The Labute approximate surface area is 227 Å². The molecule has 13 heteroatoms. The number of halogens is 3. The van der Waals surface area contributed by atoms with Crippen LogP contribution in [0.15, 0.2) is 49.1 Å². The lowest BCUT2D eigenvalue weighted by atomic mass is 10.1. The van der Waals surface area contributed by atoms with Crippen LogP contribution in [0.25, 0.3) is 28.0 Å². The molecule has 10 nitrogen and oxygen atoms in total. The summed E-state index contributed by atoms with van der Waals surface area (Å²) in [5, 5.41) is 14.9. The maximum absolute atomic E-state index is 13.5. The number of hydrogen-bond donors (Lipinski definition) is 1. The molecule has 0 spiro atoms. The second kappa shape index (κ2) is 11.3. The van der Waals surface area contributed by atoms with Gasteiger partial charge in [-0.1, -0.05) is 0 Å². The molecule has 1 fully saturated rings. The zero-order valence-electron chi connectivity index (χ0n) is 21.7. The molecular formula is C27H26F3N7O3. The van der Waals surface area contributed by atoms with Crippen molar-refractivity contribution in [1.82, 2.24) is 29.4 Å². The average molecular weight is 554 g/mol. The fourth-order valence-corrected chi connectivity index (χ4v) is 4.71. The first-order valence-corrected chi connectivity index (χ1v) is 12.4. The van der Waals surface area contributed by atoms with E-state index in [-0.39, 0.29) is 23.1 Å². The Morgan fingerprint density at radius 1 is 1.12 bits per heavy atom. The Hall–Kier alpha value is -4.57. The highest BCUT2D eigenvalue weighted by atomic mass is 19.3. The number of amides is 1. The number of likely N-dealkylation sites (tertiary alicyclic amines) is 1. The van der Waals surface area contributed by atoms with Crippen LogP contribution < -0.4 is 14.8 Å². The van der Waals surface area contributed by atoms with Gasteiger partial charge in [-0.3, -0.25) is 18.8 Å². The molecule has 4 heterocycles. The molecule has 1 aliphatic heterocycles. The number of alkyl halides is 3. The topological polar surface area (TPSA) is 110 Å². The molecule has 4 aromatic rings. The van der Waals surface area contributed by atoms with Crippen LogP contribution in [0, 0.1) is 11.3 Å². The van der Waals surface area contributed by atoms with E-state index in [0.717, 1.165) is 30.8 Å². The first-order valence-electron chi connectivity index (χ1n) is 12.4. The highest BCUT2D eigenvalue weighted by Gasteiger charge is 2.29. The summed E-state index contributed by atoms with van der Waals surface area (Å²) in [4.78, 5) is 19.3. The van der Waals surface area contributed by atoms with Gasteiger partial charge in [0.25, 0.3) is 12.3 Å². The smallest absolute Gasteiger partial charge is 0.287 e. The van der Waals surface area contributed by atoms with Crippen molar-refractivity contribution in [2.45, 2.75) is 25.2 Å². The van der Waals surface area contributed by atoms with E-state index >= 15 is 0 Å². The van der Waals surface area contributed by atoms with E-state index < -0.39 is 18.6 Å². The van der Waals surface area contributed by atoms with Gasteiger partial charge in [-0.2, -0.15) is 10.4 Å². The molecule has 1 aliphatic rings. The molecule has 1 unspecified atom stereocenters. The van der Waals surface area contributed by atoms with Crippen LogP contribution >= 0.6 is 0 Å². The van der Waals surface area contributed by atoms with Crippen LogP contribution in [0.5, 0.6) is 11.5 Å². The molecule has 1 N–H and O–H groups in total. The van der Waals surface area contributed by atoms with E-state index in [4.69, 9.17) is 14.7 Å². The quantitative estimate of drug-likeness (QED) is 0.296. The minimum atomic E-state index is -3.37. The number of carbonyl (C=O) groups is 1. The number of methoxy groups -OCH3 is 2. The molecule has 1 saturated heterocycles. The normalized spacial score (nSPS) is 14.6. The van der Waals surface area contributed by atoms with Crippen LogP contribution in [-0.4, -0.2) is 76.5 Å². The van der Waals surface area contributed by atoms with E-state index in [1.54, 1.807) is 11.5 Å². The van der Waals surface area contributed by atoms with Crippen LogP contribution in [-0.2, 0) is 0 Å². The molecular weight excluding hydrogens is 527 g/mol. The molecule has 40 heavy (non-hydrogen) atoms. The molecule has 0 radical (unpaired) electrons. The Morgan fingerprint density at radius 3 is 2.50 bits per heavy atom. The number of rotatable bonds is 10. The zero-order valence-corrected chi connectivity index (χ0v) is 21.7. The molecule has 208 valence electrons. The Bertz CT molecular complexity index is 1550. The summed E-state index contributed by atoms with van der Waals surface area (Å²) >= 11 is 0. The van der Waals surface area contributed by atoms with Gasteiger partial charge in [0.05, 0.1) is 44.4 Å². The molecule has 1 atom stereocenters. The van der Waals surface area contributed by atoms with Crippen molar-refractivity contribution in [1.29, 1.82) is 5.26 Å². The highest BCUT2D eigenvalue weighted by molar-refractivity contribution is 6.00. The van der Waals surface area contributed by atoms with Crippen LogP contribution in [0.2, 0.25) is 0 Å². The number of ether oxygens (including phenoxy) is 2. The summed E-state index contributed by atoms with van der Waals surface area (Å²) in [6, 6.07) is 9.36. The van der Waals surface area contributed by atoms with Gasteiger partial charge < -0.3 is 14.8 Å². The Kier molecular flexibility index (Phi) is 7.61. The number of aromatic nitrogens is 4. The van der Waals surface area contributed by atoms with E-state index in [2.05, 4.69) is 21.1 Å². The lowest BCUT2D eigenvalue weighted by Crippen LogP contribution is -2.47. The molecule has 1 amide bonds. The second-order valence-electron chi connectivity index (χ2n) is 9.28. The first kappa shape index (κ1) is 27.0. The predicted octanol–water partition coefficient (Wildman–Crippen LogP) is 3.94. The van der Waals surface area contributed by atoms with Crippen molar-refractivity contribution in [3.05, 3.63) is 54.6 Å². The van der Waals surface area contributed by atoms with Crippen molar-refractivity contribution < 1.29 is 27.4 Å².